The largest absolute Gasteiger partial charge is 0.465 e. The third-order valence-corrected chi connectivity index (χ3v) is 3.11. The molecule has 5 nitrogen and oxygen atoms in total. The maximum atomic E-state index is 11.4. The Bertz CT molecular complexity index is 438. The summed E-state index contributed by atoms with van der Waals surface area (Å²) < 4.78 is 5.71. The molecular formula is C13H17BrN2O3. The predicted octanol–water partition coefficient (Wildman–Crippen LogP) is 1.85. The van der Waals surface area contributed by atoms with Gasteiger partial charge in [-0.2, -0.15) is 0 Å². The van der Waals surface area contributed by atoms with E-state index < -0.39 is 5.97 Å². The standard InChI is InChI=1S/C13H17BrN2O3/c1-2-19-12(17)9-16-13(18)15-8-7-10-5-3-4-6-11(10)14/h3-6H,2,7-9H2,1H3,(H2,15,16,18). The van der Waals surface area contributed by atoms with Crippen molar-refractivity contribution < 1.29 is 14.3 Å². The summed E-state index contributed by atoms with van der Waals surface area (Å²) in [6.45, 7) is 2.41. The second kappa shape index (κ2) is 8.53. The van der Waals surface area contributed by atoms with E-state index in [0.29, 0.717) is 19.6 Å². The first kappa shape index (κ1) is 15.5. The molecule has 1 aromatic rings. The molecule has 0 radical (unpaired) electrons. The molecule has 2 amide bonds. The average Bonchev–Trinajstić information content (AvgIpc) is 2.39. The third-order valence-electron chi connectivity index (χ3n) is 2.34. The van der Waals surface area contributed by atoms with Crippen molar-refractivity contribution in [2.24, 2.45) is 0 Å². The van der Waals surface area contributed by atoms with E-state index in [1.54, 1.807) is 6.92 Å². The van der Waals surface area contributed by atoms with E-state index in [1.165, 1.54) is 0 Å². The second-order valence-electron chi connectivity index (χ2n) is 3.76. The number of esters is 1. The van der Waals surface area contributed by atoms with Gasteiger partial charge in [0.05, 0.1) is 6.61 Å². The van der Waals surface area contributed by atoms with E-state index in [0.717, 1.165) is 10.0 Å². The Labute approximate surface area is 120 Å². The number of halogens is 1. The molecule has 0 aliphatic rings. The van der Waals surface area contributed by atoms with Crippen LogP contribution in [-0.4, -0.2) is 31.7 Å². The van der Waals surface area contributed by atoms with Crippen molar-refractivity contribution >= 4 is 27.9 Å². The number of amides is 2. The minimum Gasteiger partial charge on any atom is -0.465 e. The van der Waals surface area contributed by atoms with Gasteiger partial charge in [0.2, 0.25) is 0 Å². The number of benzene rings is 1. The summed E-state index contributed by atoms with van der Waals surface area (Å²) in [7, 11) is 0. The third kappa shape index (κ3) is 6.24. The molecule has 6 heteroatoms. The molecule has 0 saturated heterocycles. The van der Waals surface area contributed by atoms with Crippen molar-refractivity contribution in [1.82, 2.24) is 10.6 Å². The van der Waals surface area contributed by atoms with E-state index in [-0.39, 0.29) is 12.6 Å². The van der Waals surface area contributed by atoms with Crippen LogP contribution in [0.3, 0.4) is 0 Å². The lowest BCUT2D eigenvalue weighted by Gasteiger charge is -2.08. The first-order valence-electron chi connectivity index (χ1n) is 6.04. The summed E-state index contributed by atoms with van der Waals surface area (Å²) in [5.74, 6) is -0.441. The van der Waals surface area contributed by atoms with Crippen LogP contribution >= 0.6 is 15.9 Å². The zero-order chi connectivity index (χ0) is 14.1. The molecule has 1 rings (SSSR count). The van der Waals surface area contributed by atoms with Gasteiger partial charge in [0.25, 0.3) is 0 Å². The Morgan fingerprint density at radius 3 is 2.68 bits per heavy atom. The highest BCUT2D eigenvalue weighted by Gasteiger charge is 2.05. The van der Waals surface area contributed by atoms with Crippen LogP contribution in [0.5, 0.6) is 0 Å². The molecule has 0 saturated carbocycles. The van der Waals surface area contributed by atoms with Crippen LogP contribution in [0.2, 0.25) is 0 Å². The van der Waals surface area contributed by atoms with Gasteiger partial charge in [0.15, 0.2) is 0 Å². The summed E-state index contributed by atoms with van der Waals surface area (Å²) in [6.07, 6.45) is 0.717. The van der Waals surface area contributed by atoms with Crippen molar-refractivity contribution in [3.63, 3.8) is 0 Å². The van der Waals surface area contributed by atoms with Crippen LogP contribution in [0.4, 0.5) is 4.79 Å². The summed E-state index contributed by atoms with van der Waals surface area (Å²) in [6, 6.07) is 7.45. The lowest BCUT2D eigenvalue weighted by atomic mass is 10.1. The van der Waals surface area contributed by atoms with Crippen LogP contribution in [-0.2, 0) is 16.0 Å². The molecule has 0 aliphatic heterocycles. The molecule has 1 aromatic carbocycles. The first-order valence-corrected chi connectivity index (χ1v) is 6.83. The second-order valence-corrected chi connectivity index (χ2v) is 4.61. The molecule has 19 heavy (non-hydrogen) atoms. The van der Waals surface area contributed by atoms with Gasteiger partial charge in [-0.3, -0.25) is 4.79 Å². The molecule has 0 heterocycles. The number of ether oxygens (including phenoxy) is 1. The Morgan fingerprint density at radius 1 is 1.26 bits per heavy atom. The lowest BCUT2D eigenvalue weighted by Crippen LogP contribution is -2.39. The van der Waals surface area contributed by atoms with Crippen molar-refractivity contribution in [2.45, 2.75) is 13.3 Å². The topological polar surface area (TPSA) is 67.4 Å². The Hall–Kier alpha value is -1.56. The first-order chi connectivity index (χ1) is 9.13. The van der Waals surface area contributed by atoms with Crippen LogP contribution < -0.4 is 10.6 Å². The molecule has 0 fully saturated rings. The van der Waals surface area contributed by atoms with Crippen molar-refractivity contribution in [2.75, 3.05) is 19.7 Å². The zero-order valence-electron chi connectivity index (χ0n) is 10.7. The fraction of sp³-hybridized carbons (Fsp3) is 0.385. The summed E-state index contributed by atoms with van der Waals surface area (Å²) in [5.41, 5.74) is 1.12. The summed E-state index contributed by atoms with van der Waals surface area (Å²) in [5, 5.41) is 5.11. The quantitative estimate of drug-likeness (QED) is 0.783. The molecule has 0 atom stereocenters. The van der Waals surface area contributed by atoms with Crippen LogP contribution in [0.25, 0.3) is 0 Å². The van der Waals surface area contributed by atoms with Crippen molar-refractivity contribution in [1.29, 1.82) is 0 Å². The summed E-state index contributed by atoms with van der Waals surface area (Å²) >= 11 is 3.44. The van der Waals surface area contributed by atoms with E-state index in [9.17, 15) is 9.59 Å². The van der Waals surface area contributed by atoms with Gasteiger partial charge >= 0.3 is 12.0 Å². The van der Waals surface area contributed by atoms with Gasteiger partial charge < -0.3 is 15.4 Å². The molecular weight excluding hydrogens is 312 g/mol. The van der Waals surface area contributed by atoms with Gasteiger partial charge in [0, 0.05) is 11.0 Å². The van der Waals surface area contributed by atoms with E-state index in [1.807, 2.05) is 24.3 Å². The number of hydrogen-bond acceptors (Lipinski definition) is 3. The van der Waals surface area contributed by atoms with Crippen molar-refractivity contribution in [3.8, 4) is 0 Å². The van der Waals surface area contributed by atoms with E-state index >= 15 is 0 Å². The SMILES string of the molecule is CCOC(=O)CNC(=O)NCCc1ccccc1Br. The maximum absolute atomic E-state index is 11.4. The molecule has 104 valence electrons. The summed E-state index contributed by atoms with van der Waals surface area (Å²) in [4.78, 5) is 22.4. The highest BCUT2D eigenvalue weighted by atomic mass is 79.9. The molecule has 2 N–H and O–H groups in total. The lowest BCUT2D eigenvalue weighted by molar-refractivity contribution is -0.141. The molecule has 0 aromatic heterocycles. The highest BCUT2D eigenvalue weighted by molar-refractivity contribution is 9.10. The fourth-order valence-electron chi connectivity index (χ4n) is 1.44. The van der Waals surface area contributed by atoms with Crippen LogP contribution in [0.1, 0.15) is 12.5 Å². The normalized spacial score (nSPS) is 9.79. The molecule has 0 aliphatic carbocycles. The van der Waals surface area contributed by atoms with Gasteiger partial charge in [-0.25, -0.2) is 4.79 Å². The van der Waals surface area contributed by atoms with Crippen LogP contribution in [0, 0.1) is 0 Å². The van der Waals surface area contributed by atoms with Crippen molar-refractivity contribution in [3.05, 3.63) is 34.3 Å². The average molecular weight is 329 g/mol. The minimum atomic E-state index is -0.441. The fourth-order valence-corrected chi connectivity index (χ4v) is 1.92. The Kier molecular flexibility index (Phi) is 6.95. The van der Waals surface area contributed by atoms with E-state index in [2.05, 4.69) is 26.6 Å². The number of hydrogen-bond donors (Lipinski definition) is 2. The predicted molar refractivity (Wildman–Crippen MR) is 75.9 cm³/mol. The number of urea groups is 1. The number of rotatable bonds is 6. The monoisotopic (exact) mass is 328 g/mol. The number of carbonyl (C=O) groups excluding carboxylic acids is 2. The van der Waals surface area contributed by atoms with Gasteiger partial charge in [-0.1, -0.05) is 34.1 Å². The van der Waals surface area contributed by atoms with Crippen LogP contribution in [0.15, 0.2) is 28.7 Å². The molecule has 0 unspecified atom stereocenters. The Morgan fingerprint density at radius 2 is 2.00 bits per heavy atom. The minimum absolute atomic E-state index is 0.116. The maximum Gasteiger partial charge on any atom is 0.325 e. The zero-order valence-corrected chi connectivity index (χ0v) is 12.3. The molecule has 0 spiro atoms. The van der Waals surface area contributed by atoms with E-state index in [4.69, 9.17) is 4.74 Å². The highest BCUT2D eigenvalue weighted by Crippen LogP contribution is 2.15. The molecule has 0 bridgehead atoms. The van der Waals surface area contributed by atoms with Gasteiger partial charge in [-0.05, 0) is 25.0 Å². The number of nitrogens with one attached hydrogen (secondary N) is 2. The van der Waals surface area contributed by atoms with Gasteiger partial charge in [0.1, 0.15) is 6.54 Å². The van der Waals surface area contributed by atoms with Gasteiger partial charge in [-0.15, -0.1) is 0 Å². The Balaban J connectivity index is 2.21. The smallest absolute Gasteiger partial charge is 0.325 e. The number of carbonyl (C=O) groups is 2.